The number of aliphatic hydroxyl groups is 2. The fourth-order valence-electron chi connectivity index (χ4n) is 5.18. The fraction of sp³-hybridized carbons (Fsp3) is 0.750. The second-order valence-electron chi connectivity index (χ2n) is 8.23. The quantitative estimate of drug-likeness (QED) is 0.671. The van der Waals surface area contributed by atoms with Crippen molar-refractivity contribution in [2.24, 2.45) is 22.7 Å². The van der Waals surface area contributed by atoms with E-state index in [-0.39, 0.29) is 17.9 Å². The Balaban J connectivity index is 2.37. The molecule has 0 heterocycles. The van der Waals surface area contributed by atoms with Gasteiger partial charge in [0.25, 0.3) is 0 Å². The van der Waals surface area contributed by atoms with Crippen molar-refractivity contribution in [2.75, 3.05) is 6.61 Å². The van der Waals surface area contributed by atoms with E-state index < -0.39 is 17.5 Å². The normalized spacial score (nSPS) is 40.0. The Morgan fingerprint density at radius 1 is 1.42 bits per heavy atom. The van der Waals surface area contributed by atoms with Crippen molar-refractivity contribution in [1.82, 2.24) is 0 Å². The summed E-state index contributed by atoms with van der Waals surface area (Å²) in [7, 11) is 0. The number of carboxylic acid groups (broad SMARTS) is 1. The molecule has 5 atom stereocenters. The van der Waals surface area contributed by atoms with Gasteiger partial charge in [-0.2, -0.15) is 0 Å². The van der Waals surface area contributed by atoms with Crippen molar-refractivity contribution in [1.29, 1.82) is 0 Å². The molecule has 24 heavy (non-hydrogen) atoms. The number of carboxylic acids is 1. The van der Waals surface area contributed by atoms with E-state index in [1.54, 1.807) is 0 Å². The molecule has 4 heteroatoms. The minimum atomic E-state index is -0.894. The predicted octanol–water partition coefficient (Wildman–Crippen LogP) is 3.54. The van der Waals surface area contributed by atoms with Crippen LogP contribution in [0.5, 0.6) is 0 Å². The minimum absolute atomic E-state index is 0.0203. The summed E-state index contributed by atoms with van der Waals surface area (Å²) in [6, 6.07) is 0. The summed E-state index contributed by atoms with van der Waals surface area (Å²) >= 11 is 0. The van der Waals surface area contributed by atoms with Gasteiger partial charge in [-0.3, -0.25) is 0 Å². The number of hydrogen-bond donors (Lipinski definition) is 3. The molecule has 4 nitrogen and oxygen atoms in total. The topological polar surface area (TPSA) is 77.8 Å². The zero-order valence-electron chi connectivity index (χ0n) is 15.4. The lowest BCUT2D eigenvalue weighted by molar-refractivity contribution is -0.148. The molecule has 1 saturated carbocycles. The van der Waals surface area contributed by atoms with Crippen LogP contribution in [0.4, 0.5) is 0 Å². The smallest absolute Gasteiger partial charge is 0.331 e. The maximum Gasteiger partial charge on any atom is 0.331 e. The van der Waals surface area contributed by atoms with Crippen molar-refractivity contribution in [2.45, 2.75) is 65.9 Å². The lowest BCUT2D eigenvalue weighted by Crippen LogP contribution is -2.57. The van der Waals surface area contributed by atoms with Crippen LogP contribution in [0.1, 0.15) is 59.8 Å². The molecule has 0 aromatic heterocycles. The molecule has 0 aliphatic heterocycles. The average molecular weight is 336 g/mol. The van der Waals surface area contributed by atoms with E-state index >= 15 is 0 Å². The van der Waals surface area contributed by atoms with Gasteiger partial charge in [0.2, 0.25) is 0 Å². The highest BCUT2D eigenvalue weighted by Crippen LogP contribution is 2.62. The van der Waals surface area contributed by atoms with Gasteiger partial charge in [-0.25, -0.2) is 4.79 Å². The molecule has 0 spiro atoms. The lowest BCUT2D eigenvalue weighted by atomic mass is 9.45. The SMILES string of the molecule is C/C(=C\CO)CC[C@@]1(C)[C@H](C)C[C@H](O)[C@@]2(C)C(C(=O)O)=CCC[C@H]12. The van der Waals surface area contributed by atoms with Gasteiger partial charge in [0, 0.05) is 11.0 Å². The number of rotatable bonds is 5. The summed E-state index contributed by atoms with van der Waals surface area (Å²) in [4.78, 5) is 11.8. The standard InChI is InChI=1S/C20H32O4/c1-13(9-11-21)8-10-19(3)14(2)12-17(22)20(4)15(18(23)24)6-5-7-16(19)20/h6,9,14,16-17,21-22H,5,7-8,10-12H2,1-4H3,(H,23,24)/b13-9+/t14-,16-,17+,19+,20+/m1/s1. The number of hydrogen-bond acceptors (Lipinski definition) is 3. The average Bonchev–Trinajstić information content (AvgIpc) is 2.51. The Hall–Kier alpha value is -1.13. The fourth-order valence-corrected chi connectivity index (χ4v) is 5.18. The lowest BCUT2D eigenvalue weighted by Gasteiger charge is -2.59. The molecule has 2 aliphatic carbocycles. The highest BCUT2D eigenvalue weighted by atomic mass is 16.4. The molecule has 0 aromatic rings. The van der Waals surface area contributed by atoms with Crippen molar-refractivity contribution in [3.8, 4) is 0 Å². The third-order valence-electron chi connectivity index (χ3n) is 7.03. The van der Waals surface area contributed by atoms with E-state index in [1.165, 1.54) is 5.57 Å². The highest BCUT2D eigenvalue weighted by molar-refractivity contribution is 5.88. The van der Waals surface area contributed by atoms with Crippen LogP contribution < -0.4 is 0 Å². The Labute approximate surface area is 145 Å². The first-order valence-corrected chi connectivity index (χ1v) is 9.06. The molecule has 136 valence electrons. The largest absolute Gasteiger partial charge is 0.478 e. The molecule has 1 fully saturated rings. The zero-order chi connectivity index (χ0) is 18.1. The Morgan fingerprint density at radius 2 is 2.08 bits per heavy atom. The number of aliphatic carboxylic acids is 1. The third kappa shape index (κ3) is 3.06. The number of allylic oxidation sites excluding steroid dienone is 2. The molecule has 0 bridgehead atoms. The van der Waals surface area contributed by atoms with Gasteiger partial charge in [-0.1, -0.05) is 38.5 Å². The molecule has 2 aliphatic rings. The Bertz CT molecular complexity index is 550. The van der Waals surface area contributed by atoms with E-state index in [4.69, 9.17) is 5.11 Å². The Morgan fingerprint density at radius 3 is 2.67 bits per heavy atom. The molecular weight excluding hydrogens is 304 g/mol. The van der Waals surface area contributed by atoms with Crippen LogP contribution in [0.2, 0.25) is 0 Å². The van der Waals surface area contributed by atoms with Gasteiger partial charge in [0.15, 0.2) is 0 Å². The molecule has 0 aromatic carbocycles. The van der Waals surface area contributed by atoms with Crippen LogP contribution >= 0.6 is 0 Å². The van der Waals surface area contributed by atoms with Crippen molar-refractivity contribution in [3.05, 3.63) is 23.3 Å². The van der Waals surface area contributed by atoms with Crippen molar-refractivity contribution >= 4 is 5.97 Å². The number of carbonyl (C=O) groups is 1. The molecule has 0 amide bonds. The Kier molecular flexibility index (Phi) is 5.61. The second kappa shape index (κ2) is 7.01. The zero-order valence-corrected chi connectivity index (χ0v) is 15.4. The van der Waals surface area contributed by atoms with E-state index in [0.29, 0.717) is 17.9 Å². The molecule has 2 rings (SSSR count). The third-order valence-corrected chi connectivity index (χ3v) is 7.03. The van der Waals surface area contributed by atoms with Gasteiger partial charge in [0.1, 0.15) is 0 Å². The van der Waals surface area contributed by atoms with E-state index in [0.717, 1.165) is 25.7 Å². The molecule has 0 unspecified atom stereocenters. The van der Waals surface area contributed by atoms with Crippen LogP contribution in [0, 0.1) is 22.7 Å². The molecule has 0 radical (unpaired) electrons. The van der Waals surface area contributed by atoms with Crippen LogP contribution in [-0.2, 0) is 4.79 Å². The van der Waals surface area contributed by atoms with E-state index in [2.05, 4.69) is 13.8 Å². The van der Waals surface area contributed by atoms with E-state index in [1.807, 2.05) is 26.0 Å². The first-order valence-electron chi connectivity index (χ1n) is 9.06. The maximum absolute atomic E-state index is 11.8. The second-order valence-corrected chi connectivity index (χ2v) is 8.23. The van der Waals surface area contributed by atoms with Gasteiger partial charge in [-0.05, 0) is 56.3 Å². The molecule has 3 N–H and O–H groups in total. The summed E-state index contributed by atoms with van der Waals surface area (Å²) in [5, 5.41) is 29.5. The van der Waals surface area contributed by atoms with Crippen LogP contribution in [-0.4, -0.2) is 34.0 Å². The number of aliphatic hydroxyl groups excluding tert-OH is 2. The minimum Gasteiger partial charge on any atom is -0.478 e. The summed E-state index contributed by atoms with van der Waals surface area (Å²) in [5.41, 5.74) is 0.864. The van der Waals surface area contributed by atoms with Crippen LogP contribution in [0.25, 0.3) is 0 Å². The van der Waals surface area contributed by atoms with Gasteiger partial charge >= 0.3 is 5.97 Å². The van der Waals surface area contributed by atoms with Crippen molar-refractivity contribution in [3.63, 3.8) is 0 Å². The van der Waals surface area contributed by atoms with Gasteiger partial charge < -0.3 is 15.3 Å². The first-order chi connectivity index (χ1) is 11.2. The molecule has 0 saturated heterocycles. The number of fused-ring (bicyclic) bond motifs is 1. The van der Waals surface area contributed by atoms with Crippen LogP contribution in [0.15, 0.2) is 23.3 Å². The monoisotopic (exact) mass is 336 g/mol. The predicted molar refractivity (Wildman–Crippen MR) is 94.5 cm³/mol. The first kappa shape index (κ1) is 19.2. The highest BCUT2D eigenvalue weighted by Gasteiger charge is 2.59. The van der Waals surface area contributed by atoms with E-state index in [9.17, 15) is 15.0 Å². The maximum atomic E-state index is 11.8. The summed E-state index contributed by atoms with van der Waals surface area (Å²) < 4.78 is 0. The van der Waals surface area contributed by atoms with Crippen molar-refractivity contribution < 1.29 is 20.1 Å². The van der Waals surface area contributed by atoms with Gasteiger partial charge in [-0.15, -0.1) is 0 Å². The van der Waals surface area contributed by atoms with Crippen LogP contribution in [0.3, 0.4) is 0 Å². The summed E-state index contributed by atoms with van der Waals surface area (Å²) in [6.07, 6.45) is 7.23. The summed E-state index contributed by atoms with van der Waals surface area (Å²) in [5.74, 6) is -0.406. The van der Waals surface area contributed by atoms with Gasteiger partial charge in [0.05, 0.1) is 12.7 Å². The summed E-state index contributed by atoms with van der Waals surface area (Å²) in [6.45, 7) is 8.49. The molecular formula is C20H32O4.